The molecule has 174 valence electrons. The van der Waals surface area contributed by atoms with Gasteiger partial charge in [-0.3, -0.25) is 4.79 Å². The number of hydrogen-bond acceptors (Lipinski definition) is 7. The van der Waals surface area contributed by atoms with Crippen LogP contribution in [0.5, 0.6) is 0 Å². The quantitative estimate of drug-likeness (QED) is 0.427. The van der Waals surface area contributed by atoms with Crippen LogP contribution in [-0.2, 0) is 4.74 Å². The molecule has 1 aromatic heterocycles. The van der Waals surface area contributed by atoms with Gasteiger partial charge in [0.25, 0.3) is 5.91 Å². The standard InChI is InChI=1S/C23H34N6O3/c1-3-11-27-13-15-28(16-14-27)12-5-10-25-22(30)18-6-8-19(9-7-18)29-21(24)20(17-26-29)23(31)32-4-2/h6-9,17H,3-5,10-16,24H2,1-2H3,(H,25,30). The number of piperazine rings is 1. The number of nitrogens with one attached hydrogen (secondary N) is 1. The molecule has 2 heterocycles. The van der Waals surface area contributed by atoms with Crippen molar-refractivity contribution in [1.82, 2.24) is 24.9 Å². The second-order valence-corrected chi connectivity index (χ2v) is 7.92. The molecule has 1 fully saturated rings. The summed E-state index contributed by atoms with van der Waals surface area (Å²) in [6.45, 7) is 11.5. The molecular formula is C23H34N6O3. The highest BCUT2D eigenvalue weighted by atomic mass is 16.5. The topological polar surface area (TPSA) is 106 Å². The normalized spacial score (nSPS) is 14.9. The van der Waals surface area contributed by atoms with Crippen molar-refractivity contribution in [3.8, 4) is 5.69 Å². The van der Waals surface area contributed by atoms with Gasteiger partial charge in [0.05, 0.1) is 18.5 Å². The van der Waals surface area contributed by atoms with Gasteiger partial charge in [-0.05, 0) is 57.1 Å². The second-order valence-electron chi connectivity index (χ2n) is 7.92. The summed E-state index contributed by atoms with van der Waals surface area (Å²) in [4.78, 5) is 29.3. The summed E-state index contributed by atoms with van der Waals surface area (Å²) in [6.07, 6.45) is 3.52. The van der Waals surface area contributed by atoms with E-state index in [9.17, 15) is 9.59 Å². The molecule has 0 saturated carbocycles. The fourth-order valence-electron chi connectivity index (χ4n) is 3.84. The molecule has 0 atom stereocenters. The summed E-state index contributed by atoms with van der Waals surface area (Å²) in [5.41, 5.74) is 7.50. The first kappa shape index (κ1) is 23.7. The summed E-state index contributed by atoms with van der Waals surface area (Å²) in [5, 5.41) is 7.15. The highest BCUT2D eigenvalue weighted by molar-refractivity contribution is 5.95. The lowest BCUT2D eigenvalue weighted by atomic mass is 10.2. The molecule has 1 aliphatic heterocycles. The van der Waals surface area contributed by atoms with Crippen molar-refractivity contribution < 1.29 is 14.3 Å². The van der Waals surface area contributed by atoms with E-state index in [-0.39, 0.29) is 23.9 Å². The van der Waals surface area contributed by atoms with E-state index in [2.05, 4.69) is 27.1 Å². The zero-order valence-corrected chi connectivity index (χ0v) is 19.0. The molecule has 9 nitrogen and oxygen atoms in total. The first-order chi connectivity index (χ1) is 15.5. The van der Waals surface area contributed by atoms with Crippen molar-refractivity contribution >= 4 is 17.7 Å². The molecule has 32 heavy (non-hydrogen) atoms. The number of esters is 1. The number of anilines is 1. The van der Waals surface area contributed by atoms with Gasteiger partial charge in [0.15, 0.2) is 0 Å². The van der Waals surface area contributed by atoms with Gasteiger partial charge >= 0.3 is 5.97 Å². The number of aromatic nitrogens is 2. The van der Waals surface area contributed by atoms with E-state index in [1.165, 1.54) is 23.8 Å². The maximum Gasteiger partial charge on any atom is 0.343 e. The number of nitrogens with two attached hydrogens (primary N) is 1. The Hall–Kier alpha value is -2.91. The van der Waals surface area contributed by atoms with E-state index in [1.807, 2.05) is 0 Å². The fraction of sp³-hybridized carbons (Fsp3) is 0.522. The molecule has 1 amide bonds. The van der Waals surface area contributed by atoms with Crippen LogP contribution in [-0.4, -0.2) is 83.9 Å². The summed E-state index contributed by atoms with van der Waals surface area (Å²) >= 11 is 0. The summed E-state index contributed by atoms with van der Waals surface area (Å²) in [6, 6.07) is 6.96. The number of hydrogen-bond donors (Lipinski definition) is 2. The van der Waals surface area contributed by atoms with E-state index < -0.39 is 5.97 Å². The third-order valence-electron chi connectivity index (χ3n) is 5.62. The number of nitrogen functional groups attached to an aromatic ring is 1. The lowest BCUT2D eigenvalue weighted by molar-refractivity contribution is 0.0527. The second kappa shape index (κ2) is 11.6. The van der Waals surface area contributed by atoms with Gasteiger partial charge in [-0.25, -0.2) is 9.48 Å². The smallest absolute Gasteiger partial charge is 0.343 e. The minimum atomic E-state index is -0.505. The van der Waals surface area contributed by atoms with Crippen LogP contribution in [0.2, 0.25) is 0 Å². The number of ether oxygens (including phenoxy) is 1. The largest absolute Gasteiger partial charge is 0.462 e. The molecule has 2 aromatic rings. The molecule has 0 aliphatic carbocycles. The zero-order valence-electron chi connectivity index (χ0n) is 19.0. The molecule has 1 aromatic carbocycles. The highest BCUT2D eigenvalue weighted by Crippen LogP contribution is 2.18. The van der Waals surface area contributed by atoms with Crippen molar-refractivity contribution in [3.05, 3.63) is 41.6 Å². The molecule has 1 aliphatic rings. The molecular weight excluding hydrogens is 408 g/mol. The van der Waals surface area contributed by atoms with Crippen LogP contribution in [0.15, 0.2) is 30.5 Å². The average molecular weight is 443 g/mol. The van der Waals surface area contributed by atoms with Crippen LogP contribution in [0.3, 0.4) is 0 Å². The Kier molecular flexibility index (Phi) is 8.64. The number of carbonyl (C=O) groups excluding carboxylic acids is 2. The molecule has 1 saturated heterocycles. The lowest BCUT2D eigenvalue weighted by Crippen LogP contribution is -2.47. The van der Waals surface area contributed by atoms with Crippen LogP contribution in [0.1, 0.15) is 47.4 Å². The average Bonchev–Trinajstić information content (AvgIpc) is 3.19. The van der Waals surface area contributed by atoms with Crippen molar-refractivity contribution in [3.63, 3.8) is 0 Å². The molecule has 0 radical (unpaired) electrons. The number of rotatable bonds is 10. The van der Waals surface area contributed by atoms with Gasteiger partial charge in [-0.15, -0.1) is 0 Å². The Morgan fingerprint density at radius 1 is 1.06 bits per heavy atom. The Morgan fingerprint density at radius 2 is 1.72 bits per heavy atom. The SMILES string of the molecule is CCCN1CCN(CCCNC(=O)c2ccc(-n3ncc(C(=O)OCC)c3N)cc2)CC1. The molecule has 0 unspecified atom stereocenters. The Morgan fingerprint density at radius 3 is 2.34 bits per heavy atom. The van der Waals surface area contributed by atoms with Gasteiger partial charge < -0.3 is 25.6 Å². The van der Waals surface area contributed by atoms with Crippen LogP contribution in [0.25, 0.3) is 5.69 Å². The predicted molar refractivity (Wildman–Crippen MR) is 124 cm³/mol. The van der Waals surface area contributed by atoms with E-state index >= 15 is 0 Å². The molecule has 0 bridgehead atoms. The van der Waals surface area contributed by atoms with Gasteiger partial charge in [-0.1, -0.05) is 6.92 Å². The molecule has 3 rings (SSSR count). The predicted octanol–water partition coefficient (Wildman–Crippen LogP) is 1.78. The number of benzene rings is 1. The molecule has 3 N–H and O–H groups in total. The fourth-order valence-corrected chi connectivity index (χ4v) is 3.84. The van der Waals surface area contributed by atoms with Gasteiger partial charge in [0.1, 0.15) is 11.4 Å². The van der Waals surface area contributed by atoms with E-state index in [4.69, 9.17) is 10.5 Å². The van der Waals surface area contributed by atoms with Crippen molar-refractivity contribution in [2.45, 2.75) is 26.7 Å². The van der Waals surface area contributed by atoms with Crippen LogP contribution in [0, 0.1) is 0 Å². The summed E-state index contributed by atoms with van der Waals surface area (Å²) in [7, 11) is 0. The first-order valence-corrected chi connectivity index (χ1v) is 11.4. The van der Waals surface area contributed by atoms with Crippen LogP contribution in [0.4, 0.5) is 5.82 Å². The van der Waals surface area contributed by atoms with E-state index in [0.717, 1.165) is 39.1 Å². The van der Waals surface area contributed by atoms with Crippen molar-refractivity contribution in [2.75, 3.05) is 58.2 Å². The first-order valence-electron chi connectivity index (χ1n) is 11.4. The minimum Gasteiger partial charge on any atom is -0.462 e. The maximum atomic E-state index is 12.5. The third kappa shape index (κ3) is 6.08. The third-order valence-corrected chi connectivity index (χ3v) is 5.62. The van der Waals surface area contributed by atoms with E-state index in [1.54, 1.807) is 31.2 Å². The van der Waals surface area contributed by atoms with Crippen LogP contribution >= 0.6 is 0 Å². The summed E-state index contributed by atoms with van der Waals surface area (Å²) < 4.78 is 6.43. The summed E-state index contributed by atoms with van der Waals surface area (Å²) in [5.74, 6) is -0.406. The monoisotopic (exact) mass is 442 g/mol. The molecule has 9 heteroatoms. The number of nitrogens with zero attached hydrogens (tertiary/aromatic N) is 4. The van der Waals surface area contributed by atoms with E-state index in [0.29, 0.717) is 17.8 Å². The number of carbonyl (C=O) groups is 2. The van der Waals surface area contributed by atoms with Crippen molar-refractivity contribution in [1.29, 1.82) is 0 Å². The minimum absolute atomic E-state index is 0.107. The number of amides is 1. The highest BCUT2D eigenvalue weighted by Gasteiger charge is 2.18. The van der Waals surface area contributed by atoms with Crippen molar-refractivity contribution in [2.24, 2.45) is 0 Å². The Bertz CT molecular complexity index is 888. The van der Waals surface area contributed by atoms with Gasteiger partial charge in [-0.2, -0.15) is 5.10 Å². The Labute approximate surface area is 189 Å². The lowest BCUT2D eigenvalue weighted by Gasteiger charge is -2.34. The van der Waals surface area contributed by atoms with Gasteiger partial charge in [0.2, 0.25) is 0 Å². The maximum absolute atomic E-state index is 12.5. The Balaban J connectivity index is 1.45. The zero-order chi connectivity index (χ0) is 22.9. The molecule has 0 spiro atoms. The van der Waals surface area contributed by atoms with Gasteiger partial charge in [0, 0.05) is 38.3 Å². The van der Waals surface area contributed by atoms with Crippen LogP contribution < -0.4 is 11.1 Å².